The van der Waals surface area contributed by atoms with Gasteiger partial charge in [-0.2, -0.15) is 5.26 Å². The highest BCUT2D eigenvalue weighted by molar-refractivity contribution is 5.78. The maximum Gasteiger partial charge on any atom is 0.132 e. The quantitative estimate of drug-likeness (QED) is 0.728. The summed E-state index contributed by atoms with van der Waals surface area (Å²) in [5, 5.41) is 8.59. The number of carbonyl (C=O) groups is 1. The first-order chi connectivity index (χ1) is 6.63. The molecule has 0 fully saturated rings. The standard InChI is InChI=1S/C12H13NO/c1-9(10(2)14)7-11-3-5-12(8-13)6-4-11/h3-6,9H,7H2,1-2H3. The van der Waals surface area contributed by atoms with Crippen molar-refractivity contribution in [1.82, 2.24) is 0 Å². The highest BCUT2D eigenvalue weighted by Crippen LogP contribution is 2.10. The maximum absolute atomic E-state index is 11.0. The smallest absolute Gasteiger partial charge is 0.132 e. The summed E-state index contributed by atoms with van der Waals surface area (Å²) in [6.07, 6.45) is 0.751. The third-order valence-corrected chi connectivity index (χ3v) is 2.32. The van der Waals surface area contributed by atoms with Crippen molar-refractivity contribution < 1.29 is 4.79 Å². The van der Waals surface area contributed by atoms with E-state index in [2.05, 4.69) is 6.07 Å². The first kappa shape index (κ1) is 10.5. The number of rotatable bonds is 3. The van der Waals surface area contributed by atoms with E-state index in [1.807, 2.05) is 19.1 Å². The lowest BCUT2D eigenvalue weighted by molar-refractivity contribution is -0.120. The lowest BCUT2D eigenvalue weighted by Gasteiger charge is -2.06. The zero-order chi connectivity index (χ0) is 10.6. The van der Waals surface area contributed by atoms with Gasteiger partial charge in [0.15, 0.2) is 0 Å². The Balaban J connectivity index is 2.70. The van der Waals surface area contributed by atoms with Crippen LogP contribution in [-0.2, 0) is 11.2 Å². The van der Waals surface area contributed by atoms with E-state index < -0.39 is 0 Å². The second-order valence-corrected chi connectivity index (χ2v) is 3.52. The summed E-state index contributed by atoms with van der Waals surface area (Å²) < 4.78 is 0. The Kier molecular flexibility index (Phi) is 3.41. The predicted molar refractivity (Wildman–Crippen MR) is 54.7 cm³/mol. The molecule has 0 N–H and O–H groups in total. The molecule has 72 valence electrons. The Labute approximate surface area is 84.2 Å². The molecule has 1 aromatic carbocycles. The number of nitriles is 1. The minimum Gasteiger partial charge on any atom is -0.300 e. The lowest BCUT2D eigenvalue weighted by atomic mass is 9.97. The fourth-order valence-corrected chi connectivity index (χ4v) is 1.21. The van der Waals surface area contributed by atoms with Crippen LogP contribution in [0, 0.1) is 17.2 Å². The van der Waals surface area contributed by atoms with Crippen molar-refractivity contribution in [3.05, 3.63) is 35.4 Å². The summed E-state index contributed by atoms with van der Waals surface area (Å²) in [6, 6.07) is 9.42. The van der Waals surface area contributed by atoms with E-state index in [1.54, 1.807) is 19.1 Å². The summed E-state index contributed by atoms with van der Waals surface area (Å²) in [4.78, 5) is 11.0. The normalized spacial score (nSPS) is 11.8. The van der Waals surface area contributed by atoms with Crippen molar-refractivity contribution in [2.24, 2.45) is 5.92 Å². The van der Waals surface area contributed by atoms with E-state index in [0.717, 1.165) is 12.0 Å². The van der Waals surface area contributed by atoms with Gasteiger partial charge in [0.05, 0.1) is 11.6 Å². The van der Waals surface area contributed by atoms with E-state index in [4.69, 9.17) is 5.26 Å². The van der Waals surface area contributed by atoms with Crippen LogP contribution >= 0.6 is 0 Å². The Morgan fingerprint density at radius 2 is 2.00 bits per heavy atom. The molecule has 0 aromatic heterocycles. The van der Waals surface area contributed by atoms with Crippen LogP contribution in [-0.4, -0.2) is 5.78 Å². The Morgan fingerprint density at radius 1 is 1.43 bits per heavy atom. The molecule has 14 heavy (non-hydrogen) atoms. The molecular weight excluding hydrogens is 174 g/mol. The first-order valence-corrected chi connectivity index (χ1v) is 4.63. The van der Waals surface area contributed by atoms with Crippen molar-refractivity contribution in [2.75, 3.05) is 0 Å². The number of nitrogens with zero attached hydrogens (tertiary/aromatic N) is 1. The van der Waals surface area contributed by atoms with Crippen LogP contribution < -0.4 is 0 Å². The number of hydrogen-bond donors (Lipinski definition) is 0. The van der Waals surface area contributed by atoms with Crippen LogP contribution in [0.15, 0.2) is 24.3 Å². The number of benzene rings is 1. The number of carbonyl (C=O) groups excluding carboxylic acids is 1. The molecule has 0 aliphatic carbocycles. The molecule has 0 spiro atoms. The maximum atomic E-state index is 11.0. The molecule has 1 atom stereocenters. The van der Waals surface area contributed by atoms with E-state index in [0.29, 0.717) is 5.56 Å². The van der Waals surface area contributed by atoms with Crippen LogP contribution in [0.3, 0.4) is 0 Å². The van der Waals surface area contributed by atoms with Crippen molar-refractivity contribution >= 4 is 5.78 Å². The average molecular weight is 187 g/mol. The van der Waals surface area contributed by atoms with Crippen molar-refractivity contribution in [3.8, 4) is 6.07 Å². The Hall–Kier alpha value is -1.62. The van der Waals surface area contributed by atoms with Gasteiger partial charge in [0, 0.05) is 5.92 Å². The lowest BCUT2D eigenvalue weighted by Crippen LogP contribution is -2.09. The molecular formula is C12H13NO. The summed E-state index contributed by atoms with van der Waals surface area (Å²) in [5.74, 6) is 0.261. The molecule has 0 aliphatic heterocycles. The van der Waals surface area contributed by atoms with Crippen LogP contribution in [0.1, 0.15) is 25.0 Å². The number of ketones is 1. The fraction of sp³-hybridized carbons (Fsp3) is 0.333. The Morgan fingerprint density at radius 3 is 2.43 bits per heavy atom. The molecule has 0 heterocycles. The van der Waals surface area contributed by atoms with Crippen LogP contribution in [0.5, 0.6) is 0 Å². The van der Waals surface area contributed by atoms with Gasteiger partial charge in [-0.3, -0.25) is 4.79 Å². The SMILES string of the molecule is CC(=O)C(C)Cc1ccc(C#N)cc1. The fourth-order valence-electron chi connectivity index (χ4n) is 1.21. The molecule has 0 saturated carbocycles. The first-order valence-electron chi connectivity index (χ1n) is 4.63. The molecule has 0 bridgehead atoms. The van der Waals surface area contributed by atoms with Crippen molar-refractivity contribution in [3.63, 3.8) is 0 Å². The molecule has 0 amide bonds. The average Bonchev–Trinajstić information content (AvgIpc) is 2.19. The minimum atomic E-state index is 0.0583. The van der Waals surface area contributed by atoms with Gasteiger partial charge in [0.2, 0.25) is 0 Å². The van der Waals surface area contributed by atoms with Gasteiger partial charge in [-0.15, -0.1) is 0 Å². The summed E-state index contributed by atoms with van der Waals surface area (Å²) in [5.41, 5.74) is 1.76. The highest BCUT2D eigenvalue weighted by atomic mass is 16.1. The zero-order valence-electron chi connectivity index (χ0n) is 8.45. The zero-order valence-corrected chi connectivity index (χ0v) is 8.45. The summed E-state index contributed by atoms with van der Waals surface area (Å²) in [6.45, 7) is 3.52. The molecule has 2 heteroatoms. The molecule has 2 nitrogen and oxygen atoms in total. The van der Waals surface area contributed by atoms with E-state index in [9.17, 15) is 4.79 Å². The molecule has 0 saturated heterocycles. The summed E-state index contributed by atoms with van der Waals surface area (Å²) >= 11 is 0. The van der Waals surface area contributed by atoms with Crippen LogP contribution in [0.25, 0.3) is 0 Å². The van der Waals surface area contributed by atoms with Gasteiger partial charge in [-0.25, -0.2) is 0 Å². The number of hydrogen-bond acceptors (Lipinski definition) is 2. The molecule has 1 rings (SSSR count). The van der Waals surface area contributed by atoms with E-state index in [-0.39, 0.29) is 11.7 Å². The molecule has 0 aliphatic rings. The minimum absolute atomic E-state index is 0.0583. The predicted octanol–water partition coefficient (Wildman–Crippen LogP) is 2.33. The molecule has 1 unspecified atom stereocenters. The third kappa shape index (κ3) is 2.70. The van der Waals surface area contributed by atoms with Crippen LogP contribution in [0.4, 0.5) is 0 Å². The molecule has 1 aromatic rings. The molecule has 0 radical (unpaired) electrons. The topological polar surface area (TPSA) is 40.9 Å². The largest absolute Gasteiger partial charge is 0.300 e. The van der Waals surface area contributed by atoms with E-state index in [1.165, 1.54) is 0 Å². The van der Waals surface area contributed by atoms with Gasteiger partial charge >= 0.3 is 0 Å². The van der Waals surface area contributed by atoms with Gasteiger partial charge < -0.3 is 0 Å². The number of Topliss-reactive ketones (excluding diaryl/α,β-unsaturated/α-hetero) is 1. The van der Waals surface area contributed by atoms with Gasteiger partial charge in [-0.1, -0.05) is 19.1 Å². The highest BCUT2D eigenvalue weighted by Gasteiger charge is 2.07. The van der Waals surface area contributed by atoms with Gasteiger partial charge in [0.25, 0.3) is 0 Å². The second-order valence-electron chi connectivity index (χ2n) is 3.52. The monoisotopic (exact) mass is 187 g/mol. The Bertz CT molecular complexity index is 359. The van der Waals surface area contributed by atoms with E-state index >= 15 is 0 Å². The second kappa shape index (κ2) is 4.57. The van der Waals surface area contributed by atoms with Gasteiger partial charge in [-0.05, 0) is 31.0 Å². The van der Waals surface area contributed by atoms with Crippen LogP contribution in [0.2, 0.25) is 0 Å². The van der Waals surface area contributed by atoms with Gasteiger partial charge in [0.1, 0.15) is 5.78 Å². The third-order valence-electron chi connectivity index (χ3n) is 2.32. The van der Waals surface area contributed by atoms with Crippen molar-refractivity contribution in [2.45, 2.75) is 20.3 Å². The summed E-state index contributed by atoms with van der Waals surface area (Å²) in [7, 11) is 0. The van der Waals surface area contributed by atoms with Crippen molar-refractivity contribution in [1.29, 1.82) is 5.26 Å².